The summed E-state index contributed by atoms with van der Waals surface area (Å²) in [6.45, 7) is 2.27. The molecule has 3 aromatic rings. The van der Waals surface area contributed by atoms with Gasteiger partial charge in [-0.3, -0.25) is 9.69 Å². The number of unbranched alkanes of at least 4 members (excludes halogenated alkanes) is 2. The lowest BCUT2D eigenvalue weighted by atomic mass is 10.1. The van der Waals surface area contributed by atoms with Gasteiger partial charge in [0.15, 0.2) is 0 Å². The third-order valence-corrected chi connectivity index (χ3v) is 5.22. The molecule has 0 radical (unpaired) electrons. The molecule has 0 fully saturated rings. The van der Waals surface area contributed by atoms with Gasteiger partial charge in [0.25, 0.3) is 0 Å². The fourth-order valence-electron chi connectivity index (χ4n) is 3.48. The monoisotopic (exact) mass is 453 g/mol. The number of methoxy groups -OCH3 is 3. The Morgan fingerprint density at radius 3 is 2.36 bits per heavy atom. The summed E-state index contributed by atoms with van der Waals surface area (Å²) in [6.07, 6.45) is 2.82. The van der Waals surface area contributed by atoms with Crippen molar-refractivity contribution in [2.24, 2.45) is 0 Å². The lowest BCUT2D eigenvalue weighted by molar-refractivity contribution is -0.142. The second-order valence-corrected chi connectivity index (χ2v) is 7.64. The smallest absolute Gasteiger partial charge is 0.319 e. The Labute approximate surface area is 194 Å². The van der Waals surface area contributed by atoms with Crippen molar-refractivity contribution in [1.82, 2.24) is 25.1 Å². The van der Waals surface area contributed by atoms with Gasteiger partial charge in [0.05, 0.1) is 34.4 Å². The van der Waals surface area contributed by atoms with E-state index < -0.39 is 0 Å². The molecule has 9 heteroatoms. The minimum Gasteiger partial charge on any atom is -0.497 e. The predicted molar refractivity (Wildman–Crippen MR) is 124 cm³/mol. The first-order valence-electron chi connectivity index (χ1n) is 11.0. The Kier molecular flexibility index (Phi) is 9.19. The number of ether oxygens (including phenoxy) is 3. The summed E-state index contributed by atoms with van der Waals surface area (Å²) in [5.74, 6) is 1.81. The molecule has 0 unspecified atom stereocenters. The Balaban J connectivity index is 1.50. The fourth-order valence-corrected chi connectivity index (χ4v) is 3.48. The number of carbonyl (C=O) groups excluding carboxylic acids is 1. The Morgan fingerprint density at radius 1 is 0.970 bits per heavy atom. The highest BCUT2D eigenvalue weighted by Crippen LogP contribution is 2.23. The number of aryl methyl sites for hydroxylation is 1. The van der Waals surface area contributed by atoms with Gasteiger partial charge in [0, 0.05) is 18.2 Å². The summed E-state index contributed by atoms with van der Waals surface area (Å²) >= 11 is 0. The van der Waals surface area contributed by atoms with Crippen LogP contribution < -0.4 is 9.47 Å². The summed E-state index contributed by atoms with van der Waals surface area (Å²) in [5, 5.41) is 12.7. The highest BCUT2D eigenvalue weighted by atomic mass is 16.5. The van der Waals surface area contributed by atoms with Crippen LogP contribution in [0.4, 0.5) is 0 Å². The van der Waals surface area contributed by atoms with Crippen LogP contribution in [0.3, 0.4) is 0 Å². The average Bonchev–Trinajstić information content (AvgIpc) is 3.32. The lowest BCUT2D eigenvalue weighted by Gasteiger charge is -2.21. The summed E-state index contributed by atoms with van der Waals surface area (Å²) < 4.78 is 15.6. The van der Waals surface area contributed by atoms with E-state index in [9.17, 15) is 4.79 Å². The second-order valence-electron chi connectivity index (χ2n) is 7.64. The molecule has 0 saturated heterocycles. The van der Waals surface area contributed by atoms with E-state index in [-0.39, 0.29) is 12.5 Å². The van der Waals surface area contributed by atoms with E-state index in [1.54, 1.807) is 19.0 Å². The Morgan fingerprint density at radius 2 is 1.70 bits per heavy atom. The van der Waals surface area contributed by atoms with Gasteiger partial charge in [-0.25, -0.2) is 0 Å². The van der Waals surface area contributed by atoms with Crippen molar-refractivity contribution < 1.29 is 19.0 Å². The van der Waals surface area contributed by atoms with Crippen LogP contribution in [0.1, 0.15) is 24.8 Å². The number of nitrogens with zero attached hydrogens (tertiary/aromatic N) is 5. The molecule has 0 aliphatic rings. The Bertz CT molecular complexity index is 987. The molecule has 176 valence electrons. The molecule has 0 aliphatic heterocycles. The van der Waals surface area contributed by atoms with Crippen LogP contribution in [0.25, 0.3) is 11.4 Å². The van der Waals surface area contributed by atoms with E-state index >= 15 is 0 Å². The zero-order valence-corrected chi connectivity index (χ0v) is 19.4. The van der Waals surface area contributed by atoms with E-state index in [2.05, 4.69) is 20.3 Å². The SMILES string of the molecule is COC(=O)CN(CCCCCn1nnc(-c2ccccc2)n1)Cc1cc(OC)cc(OC)c1. The summed E-state index contributed by atoms with van der Waals surface area (Å²) in [4.78, 5) is 15.6. The molecule has 0 bridgehead atoms. The van der Waals surface area contributed by atoms with Gasteiger partial charge in [-0.05, 0) is 42.3 Å². The molecule has 0 atom stereocenters. The van der Waals surface area contributed by atoms with E-state index in [4.69, 9.17) is 14.2 Å². The summed E-state index contributed by atoms with van der Waals surface area (Å²) in [5.41, 5.74) is 1.96. The van der Waals surface area contributed by atoms with Gasteiger partial charge >= 0.3 is 5.97 Å². The third-order valence-electron chi connectivity index (χ3n) is 5.22. The minimum atomic E-state index is -0.259. The van der Waals surface area contributed by atoms with Gasteiger partial charge in [0.2, 0.25) is 5.82 Å². The standard InChI is InChI=1S/C24H31N5O4/c1-31-21-14-19(15-22(16-21)32-2)17-28(18-23(30)33-3)12-8-5-9-13-29-26-24(25-27-29)20-10-6-4-7-11-20/h4,6-7,10-11,14-16H,5,8-9,12-13,17-18H2,1-3H3. The lowest BCUT2D eigenvalue weighted by Crippen LogP contribution is -2.31. The fraction of sp³-hybridized carbons (Fsp3) is 0.417. The maximum absolute atomic E-state index is 11.9. The minimum absolute atomic E-state index is 0.223. The molecular weight excluding hydrogens is 422 g/mol. The van der Waals surface area contributed by atoms with E-state index in [1.165, 1.54) is 7.11 Å². The van der Waals surface area contributed by atoms with Crippen molar-refractivity contribution in [3.8, 4) is 22.9 Å². The quantitative estimate of drug-likeness (QED) is 0.288. The molecule has 0 N–H and O–H groups in total. The van der Waals surface area contributed by atoms with Crippen molar-refractivity contribution >= 4 is 5.97 Å². The highest BCUT2D eigenvalue weighted by molar-refractivity contribution is 5.71. The van der Waals surface area contributed by atoms with Gasteiger partial charge in [0.1, 0.15) is 11.5 Å². The van der Waals surface area contributed by atoms with Gasteiger partial charge in [-0.2, -0.15) is 4.80 Å². The van der Waals surface area contributed by atoms with Crippen molar-refractivity contribution in [3.05, 3.63) is 54.1 Å². The number of benzene rings is 2. The zero-order valence-electron chi connectivity index (χ0n) is 19.4. The maximum Gasteiger partial charge on any atom is 0.319 e. The molecule has 2 aromatic carbocycles. The highest BCUT2D eigenvalue weighted by Gasteiger charge is 2.13. The predicted octanol–water partition coefficient (Wildman–Crippen LogP) is 3.20. The third kappa shape index (κ3) is 7.57. The topological polar surface area (TPSA) is 91.6 Å². The molecule has 1 heterocycles. The number of hydrogen-bond donors (Lipinski definition) is 0. The molecular formula is C24H31N5O4. The second kappa shape index (κ2) is 12.5. The van der Waals surface area contributed by atoms with E-state index in [1.807, 2.05) is 48.5 Å². The van der Waals surface area contributed by atoms with Gasteiger partial charge < -0.3 is 14.2 Å². The van der Waals surface area contributed by atoms with Crippen LogP contribution in [0.2, 0.25) is 0 Å². The van der Waals surface area contributed by atoms with Crippen molar-refractivity contribution in [2.45, 2.75) is 32.4 Å². The van der Waals surface area contributed by atoms with Crippen LogP contribution in [0.15, 0.2) is 48.5 Å². The average molecular weight is 454 g/mol. The van der Waals surface area contributed by atoms with Crippen LogP contribution >= 0.6 is 0 Å². The molecule has 9 nitrogen and oxygen atoms in total. The number of carbonyl (C=O) groups is 1. The first-order valence-corrected chi connectivity index (χ1v) is 11.0. The number of esters is 1. The molecule has 0 saturated carbocycles. The van der Waals surface area contributed by atoms with Crippen LogP contribution in [-0.4, -0.2) is 65.5 Å². The zero-order chi connectivity index (χ0) is 23.5. The number of rotatable bonds is 13. The van der Waals surface area contributed by atoms with Crippen molar-refractivity contribution in [2.75, 3.05) is 34.4 Å². The van der Waals surface area contributed by atoms with Crippen molar-refractivity contribution in [1.29, 1.82) is 0 Å². The number of tetrazole rings is 1. The van der Waals surface area contributed by atoms with Crippen LogP contribution in [-0.2, 0) is 22.6 Å². The molecule has 33 heavy (non-hydrogen) atoms. The van der Waals surface area contributed by atoms with Gasteiger partial charge in [-0.15, -0.1) is 10.2 Å². The van der Waals surface area contributed by atoms with E-state index in [0.717, 1.165) is 48.4 Å². The summed E-state index contributed by atoms with van der Waals surface area (Å²) in [6, 6.07) is 15.5. The number of hydrogen-bond acceptors (Lipinski definition) is 8. The molecule has 0 amide bonds. The largest absolute Gasteiger partial charge is 0.497 e. The van der Waals surface area contributed by atoms with E-state index in [0.29, 0.717) is 18.9 Å². The Hall–Kier alpha value is -3.46. The van der Waals surface area contributed by atoms with Crippen molar-refractivity contribution in [3.63, 3.8) is 0 Å². The first kappa shape index (κ1) is 24.2. The molecule has 0 aliphatic carbocycles. The number of aromatic nitrogens is 4. The molecule has 3 rings (SSSR count). The van der Waals surface area contributed by atoms with Crippen LogP contribution in [0, 0.1) is 0 Å². The summed E-state index contributed by atoms with van der Waals surface area (Å²) in [7, 11) is 4.65. The van der Waals surface area contributed by atoms with Gasteiger partial charge in [-0.1, -0.05) is 36.8 Å². The van der Waals surface area contributed by atoms with Crippen LogP contribution in [0.5, 0.6) is 11.5 Å². The molecule has 0 spiro atoms. The normalized spacial score (nSPS) is 10.9. The molecule has 1 aromatic heterocycles. The maximum atomic E-state index is 11.9. The first-order chi connectivity index (χ1) is 16.1.